The van der Waals surface area contributed by atoms with E-state index >= 15 is 0 Å². The summed E-state index contributed by atoms with van der Waals surface area (Å²) in [5, 5.41) is 0. The molecule has 1 heterocycles. The van der Waals surface area contributed by atoms with E-state index in [0.717, 1.165) is 28.0 Å². The fourth-order valence-corrected chi connectivity index (χ4v) is 2.66. The summed E-state index contributed by atoms with van der Waals surface area (Å²) < 4.78 is 0. The van der Waals surface area contributed by atoms with E-state index in [1.165, 1.54) is 5.56 Å². The molecule has 0 bridgehead atoms. The first kappa shape index (κ1) is 15.1. The van der Waals surface area contributed by atoms with Crippen LogP contribution in [0, 0.1) is 0 Å². The normalized spacial score (nSPS) is 14.3. The summed E-state index contributed by atoms with van der Waals surface area (Å²) in [4.78, 5) is 5.39. The Morgan fingerprint density at radius 1 is 1.13 bits per heavy atom. The molecule has 116 valence electrons. The van der Waals surface area contributed by atoms with Gasteiger partial charge in [-0.3, -0.25) is 10.3 Å². The van der Waals surface area contributed by atoms with Gasteiger partial charge in [-0.2, -0.15) is 0 Å². The van der Waals surface area contributed by atoms with Crippen LogP contribution in [0.25, 0.3) is 17.7 Å². The molecule has 3 heteroatoms. The molecule has 1 aliphatic rings. The van der Waals surface area contributed by atoms with E-state index in [1.807, 2.05) is 37.3 Å². The summed E-state index contributed by atoms with van der Waals surface area (Å²) in [7, 11) is 0. The molecule has 0 saturated carbocycles. The van der Waals surface area contributed by atoms with Crippen LogP contribution >= 0.6 is 0 Å². The molecule has 3 N–H and O–H groups in total. The predicted molar refractivity (Wildman–Crippen MR) is 97.3 cm³/mol. The average molecular weight is 304 g/mol. The van der Waals surface area contributed by atoms with Crippen molar-refractivity contribution in [3.8, 4) is 0 Å². The smallest absolute Gasteiger partial charge is 0.115 e. The first-order valence-corrected chi connectivity index (χ1v) is 7.55. The number of benzene rings is 2. The molecule has 0 atom stereocenters. The number of nitrogens with two attached hydrogens (primary N) is 1. The topological polar surface area (TPSA) is 47.3 Å². The van der Waals surface area contributed by atoms with E-state index in [0.29, 0.717) is 12.3 Å². The van der Waals surface area contributed by atoms with Crippen molar-refractivity contribution < 1.29 is 4.84 Å². The third-order valence-electron chi connectivity index (χ3n) is 3.74. The van der Waals surface area contributed by atoms with Crippen LogP contribution in [0.15, 0.2) is 66.4 Å². The van der Waals surface area contributed by atoms with Crippen LogP contribution in [-0.2, 0) is 4.84 Å². The Morgan fingerprint density at radius 2 is 1.87 bits per heavy atom. The lowest BCUT2D eigenvalue weighted by atomic mass is 9.95. The number of hydrogen-bond acceptors (Lipinski definition) is 3. The Kier molecular flexibility index (Phi) is 4.31. The summed E-state index contributed by atoms with van der Waals surface area (Å²) in [6.45, 7) is 6.36. The second-order valence-electron chi connectivity index (χ2n) is 5.62. The zero-order chi connectivity index (χ0) is 16.2. The summed E-state index contributed by atoms with van der Waals surface area (Å²) in [5.74, 6) is 0. The monoisotopic (exact) mass is 304 g/mol. The van der Waals surface area contributed by atoms with Gasteiger partial charge in [0.05, 0.1) is 5.69 Å². The van der Waals surface area contributed by atoms with Crippen molar-refractivity contribution in [3.05, 3.63) is 83.1 Å². The van der Waals surface area contributed by atoms with Gasteiger partial charge in [0.15, 0.2) is 0 Å². The highest BCUT2D eigenvalue weighted by Crippen LogP contribution is 2.33. The number of nitrogens with one attached hydrogen (secondary N) is 1. The summed E-state index contributed by atoms with van der Waals surface area (Å²) in [6.07, 6.45) is 4.18. The third kappa shape index (κ3) is 3.35. The Balaban J connectivity index is 2.00. The van der Waals surface area contributed by atoms with Crippen LogP contribution in [0.2, 0.25) is 0 Å². The van der Waals surface area contributed by atoms with Crippen molar-refractivity contribution in [2.45, 2.75) is 6.92 Å². The minimum atomic E-state index is 0.339. The van der Waals surface area contributed by atoms with Gasteiger partial charge in [-0.25, -0.2) is 0 Å². The highest BCUT2D eigenvalue weighted by atomic mass is 16.6. The van der Waals surface area contributed by atoms with Crippen molar-refractivity contribution in [3.63, 3.8) is 0 Å². The molecule has 0 saturated heterocycles. The Labute approximate surface area is 136 Å². The second kappa shape index (κ2) is 6.55. The van der Waals surface area contributed by atoms with Crippen LogP contribution in [0.5, 0.6) is 0 Å². The summed E-state index contributed by atoms with van der Waals surface area (Å²) in [6, 6.07) is 16.4. The first-order valence-electron chi connectivity index (χ1n) is 7.55. The number of hydrogen-bond donors (Lipinski definition) is 2. The zero-order valence-electron chi connectivity index (χ0n) is 13.2. The first-order chi connectivity index (χ1) is 11.1. The molecule has 3 nitrogen and oxygen atoms in total. The molecular formula is C20H20N2O. The van der Waals surface area contributed by atoms with E-state index in [2.05, 4.69) is 42.4 Å². The quantitative estimate of drug-likeness (QED) is 0.823. The van der Waals surface area contributed by atoms with Gasteiger partial charge < -0.3 is 5.73 Å². The van der Waals surface area contributed by atoms with E-state index in [9.17, 15) is 0 Å². The highest BCUT2D eigenvalue weighted by molar-refractivity contribution is 5.88. The number of allylic oxidation sites excluding steroid dienone is 2. The molecule has 0 aromatic heterocycles. The maximum Gasteiger partial charge on any atom is 0.115 e. The number of rotatable bonds is 3. The van der Waals surface area contributed by atoms with Gasteiger partial charge >= 0.3 is 0 Å². The van der Waals surface area contributed by atoms with Crippen LogP contribution < -0.4 is 11.2 Å². The van der Waals surface area contributed by atoms with Gasteiger partial charge in [-0.1, -0.05) is 55.1 Å². The van der Waals surface area contributed by atoms with Crippen molar-refractivity contribution in [1.29, 1.82) is 0 Å². The van der Waals surface area contributed by atoms with Crippen LogP contribution in [0.3, 0.4) is 0 Å². The molecule has 2 aromatic carbocycles. The van der Waals surface area contributed by atoms with Gasteiger partial charge in [0.1, 0.15) is 6.61 Å². The lowest BCUT2D eigenvalue weighted by Gasteiger charge is -2.12. The van der Waals surface area contributed by atoms with Crippen molar-refractivity contribution in [2.24, 2.45) is 5.73 Å². The third-order valence-corrected chi connectivity index (χ3v) is 3.74. The number of anilines is 1. The van der Waals surface area contributed by atoms with Crippen LogP contribution in [-0.4, -0.2) is 6.61 Å². The molecule has 0 spiro atoms. The molecular weight excluding hydrogens is 284 g/mol. The number of fused-ring (bicyclic) bond motifs is 1. The highest BCUT2D eigenvalue weighted by Gasteiger charge is 2.16. The van der Waals surface area contributed by atoms with Gasteiger partial charge in [-0.05, 0) is 35.8 Å². The maximum atomic E-state index is 6.15. The Morgan fingerprint density at radius 3 is 2.61 bits per heavy atom. The average Bonchev–Trinajstić information content (AvgIpc) is 2.71. The van der Waals surface area contributed by atoms with Crippen molar-refractivity contribution in [1.82, 2.24) is 0 Å². The van der Waals surface area contributed by atoms with Crippen molar-refractivity contribution in [2.75, 3.05) is 12.1 Å². The molecule has 0 radical (unpaired) electrons. The molecule has 3 rings (SSSR count). The fourth-order valence-electron chi connectivity index (χ4n) is 2.66. The SMILES string of the molecule is C=C(C)C1=C(N)CONc2ccc(/C=C/c3ccccc3)cc21. The van der Waals surface area contributed by atoms with Gasteiger partial charge in [0, 0.05) is 16.8 Å². The lowest BCUT2D eigenvalue weighted by Crippen LogP contribution is -2.09. The molecule has 23 heavy (non-hydrogen) atoms. The van der Waals surface area contributed by atoms with Gasteiger partial charge in [0.25, 0.3) is 0 Å². The largest absolute Gasteiger partial charge is 0.400 e. The zero-order valence-corrected chi connectivity index (χ0v) is 13.2. The molecule has 2 aromatic rings. The molecule has 1 aliphatic heterocycles. The minimum absolute atomic E-state index is 0.339. The predicted octanol–water partition coefficient (Wildman–Crippen LogP) is 4.46. The lowest BCUT2D eigenvalue weighted by molar-refractivity contribution is 0.221. The Hall–Kier alpha value is -2.78. The second-order valence-corrected chi connectivity index (χ2v) is 5.62. The summed E-state index contributed by atoms with van der Waals surface area (Å²) in [5.41, 5.74) is 15.9. The van der Waals surface area contributed by atoms with Gasteiger partial charge in [-0.15, -0.1) is 0 Å². The van der Waals surface area contributed by atoms with E-state index in [4.69, 9.17) is 10.6 Å². The van der Waals surface area contributed by atoms with E-state index < -0.39 is 0 Å². The summed E-state index contributed by atoms with van der Waals surface area (Å²) >= 11 is 0. The Bertz CT molecular complexity index is 789. The minimum Gasteiger partial charge on any atom is -0.400 e. The molecule has 0 aliphatic carbocycles. The fraction of sp³-hybridized carbons (Fsp3) is 0.100. The maximum absolute atomic E-state index is 6.15. The van der Waals surface area contributed by atoms with E-state index in [1.54, 1.807) is 0 Å². The van der Waals surface area contributed by atoms with Crippen molar-refractivity contribution >= 4 is 23.4 Å². The van der Waals surface area contributed by atoms with Crippen LogP contribution in [0.1, 0.15) is 23.6 Å². The van der Waals surface area contributed by atoms with E-state index in [-0.39, 0.29) is 0 Å². The standard InChI is InChI=1S/C20H20N2O/c1-14(2)20-17-12-16(9-8-15-6-4-3-5-7-15)10-11-19(17)22-23-13-18(20)21/h3-12,22H,1,13,21H2,2H3/b9-8+. The molecule has 0 fully saturated rings. The van der Waals surface area contributed by atoms with Crippen LogP contribution in [0.4, 0.5) is 5.69 Å². The molecule has 0 unspecified atom stereocenters. The van der Waals surface area contributed by atoms with Gasteiger partial charge in [0.2, 0.25) is 0 Å². The molecule has 0 amide bonds.